The van der Waals surface area contributed by atoms with Gasteiger partial charge in [0.1, 0.15) is 0 Å². The Labute approximate surface area is 39.5 Å². The Morgan fingerprint density at radius 1 is 1.67 bits per heavy atom. The minimum atomic E-state index is 0.717. The van der Waals surface area contributed by atoms with Crippen LogP contribution >= 0.6 is 16.1 Å². The summed E-state index contributed by atoms with van der Waals surface area (Å²) in [5.74, 6) is 2.51. The molecule has 4 aliphatic heterocycles. The maximum atomic E-state index is 2.51. The lowest BCUT2D eigenvalue weighted by Crippen LogP contribution is -1.92. The molecule has 4 aliphatic rings. The zero-order chi connectivity index (χ0) is 3.72. The van der Waals surface area contributed by atoms with Crippen LogP contribution in [0.4, 0.5) is 0 Å². The van der Waals surface area contributed by atoms with Crippen molar-refractivity contribution in [1.29, 1.82) is 0 Å². The quantitative estimate of drug-likeness (QED) is 0.416. The lowest BCUT2D eigenvalue weighted by Gasteiger charge is -1.82. The number of hydrogen-bond acceptors (Lipinski definition) is 0. The second-order valence-electron chi connectivity index (χ2n) is 2.14. The van der Waals surface area contributed by atoms with Crippen molar-refractivity contribution in [2.75, 3.05) is 0 Å². The van der Waals surface area contributed by atoms with E-state index in [1.807, 2.05) is 0 Å². The highest BCUT2D eigenvalue weighted by atomic mass is 31.2. The molecule has 4 heterocycles. The first kappa shape index (κ1) is 2.80. The van der Waals surface area contributed by atoms with Gasteiger partial charge in [-0.05, 0) is 0 Å². The lowest BCUT2D eigenvalue weighted by atomic mass is 10.4. The van der Waals surface area contributed by atoms with E-state index in [9.17, 15) is 0 Å². The molecule has 2 heteroatoms. The summed E-state index contributed by atoms with van der Waals surface area (Å²) in [6.07, 6.45) is 0. The summed E-state index contributed by atoms with van der Waals surface area (Å²) >= 11 is 0. The molecule has 0 nitrogen and oxygen atoms in total. The normalized spacial score (nSPS) is 80.0. The second-order valence-corrected chi connectivity index (χ2v) is 6.34. The molecule has 4 rings (SSSR count). The van der Waals surface area contributed by atoms with Crippen LogP contribution in [0.5, 0.6) is 0 Å². The summed E-state index contributed by atoms with van der Waals surface area (Å²) in [5.41, 5.74) is 2.49. The molecule has 2 saturated heterocycles. The predicted octanol–water partition coefficient (Wildman–Crippen LogP) is 1.32. The Kier molecular flexibility index (Phi) is 0.259. The van der Waals surface area contributed by atoms with Crippen molar-refractivity contribution in [3.8, 4) is 0 Å². The molecule has 0 amide bonds. The van der Waals surface area contributed by atoms with Gasteiger partial charge in [0.15, 0.2) is 0 Å². The van der Waals surface area contributed by atoms with Gasteiger partial charge in [-0.25, -0.2) is 0 Å². The van der Waals surface area contributed by atoms with Crippen LogP contribution in [0.1, 0.15) is 0 Å². The predicted molar refractivity (Wildman–Crippen MR) is 31.3 cm³/mol. The first-order valence-corrected chi connectivity index (χ1v) is 4.87. The zero-order valence-corrected chi connectivity index (χ0v) is 4.99. The molecule has 0 N–H and O–H groups in total. The standard InChI is InChI=1S/C4H4P2/c1-2-3-4(5-1)6(2)3/h1-4H. The van der Waals surface area contributed by atoms with E-state index >= 15 is 0 Å². The van der Waals surface area contributed by atoms with E-state index in [1.165, 1.54) is 16.7 Å². The van der Waals surface area contributed by atoms with E-state index in [0.29, 0.717) is 0 Å². The first-order chi connectivity index (χ1) is 2.98. The Morgan fingerprint density at radius 3 is 2.67 bits per heavy atom. The van der Waals surface area contributed by atoms with Gasteiger partial charge in [0.25, 0.3) is 0 Å². The summed E-state index contributed by atoms with van der Waals surface area (Å²) < 4.78 is 0. The van der Waals surface area contributed by atoms with Crippen LogP contribution in [0.2, 0.25) is 0 Å². The fraction of sp³-hybridized carbons (Fsp3) is 0.750. The van der Waals surface area contributed by atoms with E-state index in [0.717, 1.165) is 7.92 Å². The summed E-state index contributed by atoms with van der Waals surface area (Å²) in [6, 6.07) is 0. The summed E-state index contributed by atoms with van der Waals surface area (Å²) in [6.45, 7) is 0. The van der Waals surface area contributed by atoms with Gasteiger partial charge >= 0.3 is 0 Å². The van der Waals surface area contributed by atoms with Crippen molar-refractivity contribution in [2.24, 2.45) is 0 Å². The highest BCUT2D eigenvalue weighted by Gasteiger charge is 2.74. The van der Waals surface area contributed by atoms with E-state index in [4.69, 9.17) is 0 Å². The van der Waals surface area contributed by atoms with E-state index < -0.39 is 0 Å². The van der Waals surface area contributed by atoms with Crippen LogP contribution in [0, 0.1) is 0 Å². The molecule has 2 bridgehead atoms. The maximum absolute atomic E-state index is 2.51. The van der Waals surface area contributed by atoms with Crippen molar-refractivity contribution in [3.05, 3.63) is 0 Å². The van der Waals surface area contributed by atoms with Crippen molar-refractivity contribution < 1.29 is 0 Å². The monoisotopic (exact) mass is 114 g/mol. The number of hydrogen-bond donors (Lipinski definition) is 0. The van der Waals surface area contributed by atoms with Gasteiger partial charge in [0.05, 0.1) is 0 Å². The molecule has 0 aromatic rings. The fourth-order valence-corrected chi connectivity index (χ4v) is 7.59. The van der Waals surface area contributed by atoms with Crippen LogP contribution < -0.4 is 0 Å². The highest BCUT2D eigenvalue weighted by Crippen LogP contribution is 2.94. The second kappa shape index (κ2) is 0.556. The largest absolute Gasteiger partial charge is 0.0993 e. The third kappa shape index (κ3) is 0.128. The Morgan fingerprint density at radius 2 is 2.50 bits per heavy atom. The van der Waals surface area contributed by atoms with E-state index in [-0.39, 0.29) is 0 Å². The van der Waals surface area contributed by atoms with E-state index in [2.05, 4.69) is 5.80 Å². The molecular formula is C4H4P2. The number of rotatable bonds is 0. The van der Waals surface area contributed by atoms with Crippen LogP contribution in [-0.4, -0.2) is 22.5 Å². The maximum Gasteiger partial charge on any atom is 0.0294 e. The SMILES string of the molecule is C1=PC2C3C1P23. The topological polar surface area (TPSA) is 0 Å². The third-order valence-electron chi connectivity index (χ3n) is 1.86. The molecule has 0 spiro atoms. The molecule has 0 saturated carbocycles. The molecule has 0 radical (unpaired) electrons. The van der Waals surface area contributed by atoms with Gasteiger partial charge in [-0.3, -0.25) is 0 Å². The van der Waals surface area contributed by atoms with Crippen LogP contribution in [-0.2, 0) is 0 Å². The molecule has 6 heavy (non-hydrogen) atoms. The van der Waals surface area contributed by atoms with Crippen LogP contribution in [0.3, 0.4) is 0 Å². The van der Waals surface area contributed by atoms with E-state index in [1.54, 1.807) is 8.20 Å². The van der Waals surface area contributed by atoms with Gasteiger partial charge in [-0.1, -0.05) is 21.9 Å². The zero-order valence-electron chi connectivity index (χ0n) is 3.20. The smallest absolute Gasteiger partial charge is 0.0294 e. The van der Waals surface area contributed by atoms with Gasteiger partial charge in [0.2, 0.25) is 0 Å². The van der Waals surface area contributed by atoms with Gasteiger partial charge in [-0.15, -0.1) is 0 Å². The van der Waals surface area contributed by atoms with Crippen LogP contribution in [0.25, 0.3) is 0 Å². The minimum Gasteiger partial charge on any atom is -0.0993 e. The Bertz CT molecular complexity index is 116. The van der Waals surface area contributed by atoms with Gasteiger partial charge in [-0.2, -0.15) is 0 Å². The highest BCUT2D eigenvalue weighted by molar-refractivity contribution is 7.90. The molecule has 0 aliphatic carbocycles. The molecule has 2 fully saturated rings. The molecule has 4 unspecified atom stereocenters. The Balaban J connectivity index is 2.35. The molecule has 30 valence electrons. The van der Waals surface area contributed by atoms with Crippen molar-refractivity contribution in [2.45, 2.75) is 16.7 Å². The minimum absolute atomic E-state index is 0.717. The summed E-state index contributed by atoms with van der Waals surface area (Å²) in [4.78, 5) is 0. The average molecular weight is 114 g/mol. The lowest BCUT2D eigenvalue weighted by molar-refractivity contribution is 1.19. The molecule has 4 atom stereocenters. The summed E-state index contributed by atoms with van der Waals surface area (Å²) in [5, 5.41) is 1.25. The van der Waals surface area contributed by atoms with Crippen molar-refractivity contribution >= 4 is 21.9 Å². The van der Waals surface area contributed by atoms with Crippen LogP contribution in [0.15, 0.2) is 0 Å². The fourth-order valence-electron chi connectivity index (χ4n) is 1.30. The van der Waals surface area contributed by atoms with Crippen molar-refractivity contribution in [3.63, 3.8) is 0 Å². The Hall–Kier alpha value is 0.600. The average Bonchev–Trinajstić information content (AvgIpc) is 2.30. The van der Waals surface area contributed by atoms with Crippen molar-refractivity contribution in [1.82, 2.24) is 0 Å². The van der Waals surface area contributed by atoms with Gasteiger partial charge in [0, 0.05) is 16.7 Å². The molecule has 0 aromatic carbocycles. The van der Waals surface area contributed by atoms with Gasteiger partial charge < -0.3 is 0 Å². The summed E-state index contributed by atoms with van der Waals surface area (Å²) in [7, 11) is 2.42. The first-order valence-electron chi connectivity index (χ1n) is 2.29. The molecular weight excluding hydrogens is 110 g/mol. The molecule has 0 aromatic heterocycles. The third-order valence-corrected chi connectivity index (χ3v) is 7.36.